The van der Waals surface area contributed by atoms with Crippen LogP contribution in [0.25, 0.3) is 0 Å². The summed E-state index contributed by atoms with van der Waals surface area (Å²) < 4.78 is 0. The average Bonchev–Trinajstić information content (AvgIpc) is 3.01. The van der Waals surface area contributed by atoms with Gasteiger partial charge in [0, 0.05) is 18.3 Å². The van der Waals surface area contributed by atoms with Gasteiger partial charge in [0.2, 0.25) is 5.91 Å². The number of amides is 1. The van der Waals surface area contributed by atoms with Crippen LogP contribution in [0, 0.1) is 0 Å². The Bertz CT molecular complexity index is 328. The van der Waals surface area contributed by atoms with Crippen molar-refractivity contribution in [2.45, 2.75) is 45.1 Å². The number of carbonyl (C=O) groups is 1. The van der Waals surface area contributed by atoms with Crippen molar-refractivity contribution in [3.05, 3.63) is 11.8 Å². The number of rotatable bonds is 5. The minimum atomic E-state index is 0.169. The Morgan fingerprint density at radius 2 is 2.39 bits per heavy atom. The lowest BCUT2D eigenvalue weighted by molar-refractivity contribution is -0.130. The largest absolute Gasteiger partial charge is 0.395 e. The van der Waals surface area contributed by atoms with E-state index >= 15 is 0 Å². The Labute approximate surface area is 109 Å². The molecule has 1 saturated heterocycles. The van der Waals surface area contributed by atoms with Crippen molar-refractivity contribution in [1.29, 1.82) is 0 Å². The van der Waals surface area contributed by atoms with Crippen LogP contribution in [0.4, 0.5) is 0 Å². The molecule has 0 saturated carbocycles. The summed E-state index contributed by atoms with van der Waals surface area (Å²) in [6, 6.07) is 0.185. The average molecular weight is 252 g/mol. The zero-order valence-electron chi connectivity index (χ0n) is 11.3. The summed E-state index contributed by atoms with van der Waals surface area (Å²) in [4.78, 5) is 16.4. The molecular weight excluding hydrogens is 228 g/mol. The fraction of sp³-hybridized carbons (Fsp3) is 0.786. The van der Waals surface area contributed by atoms with Crippen LogP contribution in [0.3, 0.4) is 0 Å². The van der Waals surface area contributed by atoms with Crippen LogP contribution >= 0.6 is 0 Å². The highest BCUT2D eigenvalue weighted by Gasteiger charge is 2.28. The van der Waals surface area contributed by atoms with Gasteiger partial charge in [-0.2, -0.15) is 0 Å². The van der Waals surface area contributed by atoms with E-state index in [1.165, 1.54) is 12.1 Å². The summed E-state index contributed by atoms with van der Waals surface area (Å²) in [6.07, 6.45) is 7.59. The van der Waals surface area contributed by atoms with Crippen molar-refractivity contribution in [3.8, 4) is 0 Å². The summed E-state index contributed by atoms with van der Waals surface area (Å²) in [7, 11) is 0. The molecule has 1 heterocycles. The molecule has 0 bridgehead atoms. The second-order valence-electron chi connectivity index (χ2n) is 5.17. The Kier molecular flexibility index (Phi) is 4.78. The molecule has 102 valence electrons. The number of nitrogens with zero attached hydrogens (tertiary/aromatic N) is 2. The van der Waals surface area contributed by atoms with Crippen molar-refractivity contribution in [2.75, 3.05) is 26.2 Å². The van der Waals surface area contributed by atoms with E-state index in [-0.39, 0.29) is 18.6 Å². The monoisotopic (exact) mass is 252 g/mol. The number of allylic oxidation sites excluding steroid dienone is 2. The molecule has 1 aliphatic carbocycles. The molecule has 0 aromatic carbocycles. The third-order valence-electron chi connectivity index (χ3n) is 4.03. The Hall–Kier alpha value is -0.870. The number of likely N-dealkylation sites (tertiary alicyclic amines) is 1. The highest BCUT2D eigenvalue weighted by atomic mass is 16.3. The van der Waals surface area contributed by atoms with Crippen molar-refractivity contribution in [3.63, 3.8) is 0 Å². The Balaban J connectivity index is 1.93. The first-order chi connectivity index (χ1) is 8.76. The van der Waals surface area contributed by atoms with Gasteiger partial charge in [-0.25, -0.2) is 0 Å². The molecule has 0 aromatic heterocycles. The molecule has 1 aliphatic heterocycles. The standard InChI is InChI=1S/C14H24N2O2/c1-2-16(12-6-3-4-7-12)14(18)10-15-9-5-8-13(15)11-17/h6,13,17H,2-5,7-11H2,1H3/t13-/m1/s1. The molecule has 0 radical (unpaired) electrons. The smallest absolute Gasteiger partial charge is 0.240 e. The molecule has 0 unspecified atom stereocenters. The molecule has 1 fully saturated rings. The maximum atomic E-state index is 12.3. The zero-order valence-corrected chi connectivity index (χ0v) is 11.3. The molecule has 1 amide bonds. The zero-order chi connectivity index (χ0) is 13.0. The first kappa shape index (κ1) is 13.6. The van der Waals surface area contributed by atoms with Crippen LogP contribution < -0.4 is 0 Å². The van der Waals surface area contributed by atoms with E-state index < -0.39 is 0 Å². The van der Waals surface area contributed by atoms with Gasteiger partial charge >= 0.3 is 0 Å². The van der Waals surface area contributed by atoms with Crippen molar-refractivity contribution in [1.82, 2.24) is 9.80 Å². The molecular formula is C14H24N2O2. The van der Waals surface area contributed by atoms with Gasteiger partial charge in [-0.3, -0.25) is 9.69 Å². The minimum absolute atomic E-state index is 0.169. The van der Waals surface area contributed by atoms with Crippen molar-refractivity contribution >= 4 is 5.91 Å². The highest BCUT2D eigenvalue weighted by Crippen LogP contribution is 2.22. The summed E-state index contributed by atoms with van der Waals surface area (Å²) in [5.41, 5.74) is 1.20. The number of hydrogen-bond donors (Lipinski definition) is 1. The van der Waals surface area contributed by atoms with Gasteiger partial charge in [-0.05, 0) is 45.6 Å². The second-order valence-corrected chi connectivity index (χ2v) is 5.17. The normalized spacial score (nSPS) is 24.3. The van der Waals surface area contributed by atoms with E-state index in [2.05, 4.69) is 11.0 Å². The van der Waals surface area contributed by atoms with Gasteiger partial charge in [0.1, 0.15) is 0 Å². The first-order valence-corrected chi connectivity index (χ1v) is 7.10. The predicted octanol–water partition coefficient (Wildman–Crippen LogP) is 1.36. The molecule has 0 spiro atoms. The quantitative estimate of drug-likeness (QED) is 0.803. The van der Waals surface area contributed by atoms with Crippen molar-refractivity contribution < 1.29 is 9.90 Å². The van der Waals surface area contributed by atoms with Crippen molar-refractivity contribution in [2.24, 2.45) is 0 Å². The molecule has 4 heteroatoms. The van der Waals surface area contributed by atoms with Crippen LogP contribution in [-0.4, -0.2) is 53.1 Å². The molecule has 0 aromatic rings. The van der Waals surface area contributed by atoms with Crippen LogP contribution in [0.15, 0.2) is 11.8 Å². The summed E-state index contributed by atoms with van der Waals surface area (Å²) in [5, 5.41) is 9.28. The fourth-order valence-electron chi connectivity index (χ4n) is 3.01. The Morgan fingerprint density at radius 1 is 1.56 bits per heavy atom. The number of carbonyl (C=O) groups excluding carboxylic acids is 1. The lowest BCUT2D eigenvalue weighted by atomic mass is 10.2. The summed E-state index contributed by atoms with van der Waals surface area (Å²) in [5.74, 6) is 0.186. The molecule has 4 nitrogen and oxygen atoms in total. The summed E-state index contributed by atoms with van der Waals surface area (Å²) in [6.45, 7) is 4.35. The van der Waals surface area contributed by atoms with E-state index in [1.54, 1.807) is 0 Å². The third-order valence-corrected chi connectivity index (χ3v) is 4.03. The van der Waals surface area contributed by atoms with Gasteiger partial charge in [-0.1, -0.05) is 6.08 Å². The van der Waals surface area contributed by atoms with E-state index in [0.29, 0.717) is 6.54 Å². The SMILES string of the molecule is CCN(C(=O)CN1CCC[C@@H]1CO)C1=CCCC1. The lowest BCUT2D eigenvalue weighted by Gasteiger charge is -2.27. The first-order valence-electron chi connectivity index (χ1n) is 7.10. The third kappa shape index (κ3) is 2.93. The molecule has 2 aliphatic rings. The highest BCUT2D eigenvalue weighted by molar-refractivity contribution is 5.80. The maximum absolute atomic E-state index is 12.3. The van der Waals surface area contributed by atoms with E-state index in [4.69, 9.17) is 0 Å². The van der Waals surface area contributed by atoms with Gasteiger partial charge in [0.25, 0.3) is 0 Å². The molecule has 1 N–H and O–H groups in total. The number of hydrogen-bond acceptors (Lipinski definition) is 3. The predicted molar refractivity (Wildman–Crippen MR) is 71.0 cm³/mol. The van der Waals surface area contributed by atoms with Gasteiger partial charge < -0.3 is 10.0 Å². The van der Waals surface area contributed by atoms with Crippen LogP contribution in [0.5, 0.6) is 0 Å². The topological polar surface area (TPSA) is 43.8 Å². The lowest BCUT2D eigenvalue weighted by Crippen LogP contribution is -2.42. The Morgan fingerprint density at radius 3 is 3.00 bits per heavy atom. The van der Waals surface area contributed by atoms with Crippen LogP contribution in [-0.2, 0) is 4.79 Å². The minimum Gasteiger partial charge on any atom is -0.395 e. The van der Waals surface area contributed by atoms with E-state index in [9.17, 15) is 9.90 Å². The van der Waals surface area contributed by atoms with Crippen LogP contribution in [0.1, 0.15) is 39.0 Å². The fourth-order valence-corrected chi connectivity index (χ4v) is 3.01. The molecule has 2 rings (SSSR count). The van der Waals surface area contributed by atoms with E-state index in [1.807, 2.05) is 11.8 Å². The molecule has 18 heavy (non-hydrogen) atoms. The number of likely N-dealkylation sites (N-methyl/N-ethyl adjacent to an activating group) is 1. The van der Waals surface area contributed by atoms with E-state index in [0.717, 1.165) is 38.8 Å². The maximum Gasteiger partial charge on any atom is 0.240 e. The number of aliphatic hydroxyl groups excluding tert-OH is 1. The summed E-state index contributed by atoms with van der Waals surface area (Å²) >= 11 is 0. The van der Waals surface area contributed by atoms with Gasteiger partial charge in [-0.15, -0.1) is 0 Å². The second kappa shape index (κ2) is 6.34. The van der Waals surface area contributed by atoms with Gasteiger partial charge in [0.15, 0.2) is 0 Å². The van der Waals surface area contributed by atoms with Crippen LogP contribution in [0.2, 0.25) is 0 Å². The van der Waals surface area contributed by atoms with Gasteiger partial charge in [0.05, 0.1) is 13.2 Å². The molecule has 1 atom stereocenters. The number of aliphatic hydroxyl groups is 1.